The summed E-state index contributed by atoms with van der Waals surface area (Å²) in [6, 6.07) is 2.62. The molecule has 1 aromatic carbocycles. The third-order valence-corrected chi connectivity index (χ3v) is 4.30. The predicted octanol–water partition coefficient (Wildman–Crippen LogP) is 4.18. The first-order chi connectivity index (χ1) is 8.11. The highest BCUT2D eigenvalue weighted by molar-refractivity contribution is 14.1. The number of benzene rings is 1. The molecule has 1 aliphatic carbocycles. The van der Waals surface area contributed by atoms with Gasteiger partial charge in [0.1, 0.15) is 11.6 Å². The van der Waals surface area contributed by atoms with Crippen molar-refractivity contribution in [1.29, 1.82) is 0 Å². The zero-order valence-electron chi connectivity index (χ0n) is 9.43. The summed E-state index contributed by atoms with van der Waals surface area (Å²) in [4.78, 5) is 0. The predicted molar refractivity (Wildman–Crippen MR) is 70.6 cm³/mol. The minimum absolute atomic E-state index is 0.00838. The van der Waals surface area contributed by atoms with E-state index in [-0.39, 0.29) is 11.5 Å². The van der Waals surface area contributed by atoms with Crippen LogP contribution in [-0.4, -0.2) is 5.11 Å². The van der Waals surface area contributed by atoms with Crippen LogP contribution in [0.5, 0.6) is 0 Å². The molecule has 1 nitrogen and oxygen atoms in total. The van der Waals surface area contributed by atoms with Crippen molar-refractivity contribution >= 4 is 22.6 Å². The molecule has 1 aromatic rings. The number of hydrogen-bond donors (Lipinski definition) is 1. The molecule has 0 saturated heterocycles. The van der Waals surface area contributed by atoms with Crippen molar-refractivity contribution in [2.45, 2.75) is 38.2 Å². The van der Waals surface area contributed by atoms with Crippen LogP contribution in [0.4, 0.5) is 8.78 Å². The number of aliphatic hydroxyl groups excluding tert-OH is 1. The zero-order valence-corrected chi connectivity index (χ0v) is 11.6. The van der Waals surface area contributed by atoms with Crippen LogP contribution in [-0.2, 0) is 0 Å². The molecule has 1 fully saturated rings. The SMILES string of the molecule is OC(c1c(F)ccc(I)c1F)C1CCCCC1. The summed E-state index contributed by atoms with van der Waals surface area (Å²) >= 11 is 1.82. The second kappa shape index (κ2) is 5.61. The van der Waals surface area contributed by atoms with Gasteiger partial charge in [-0.25, -0.2) is 8.78 Å². The monoisotopic (exact) mass is 352 g/mol. The number of rotatable bonds is 2. The van der Waals surface area contributed by atoms with Crippen LogP contribution >= 0.6 is 22.6 Å². The molecule has 0 aromatic heterocycles. The van der Waals surface area contributed by atoms with Gasteiger partial charge in [0.05, 0.1) is 11.7 Å². The van der Waals surface area contributed by atoms with Crippen molar-refractivity contribution in [1.82, 2.24) is 0 Å². The van der Waals surface area contributed by atoms with Crippen molar-refractivity contribution < 1.29 is 13.9 Å². The average molecular weight is 352 g/mol. The van der Waals surface area contributed by atoms with E-state index in [4.69, 9.17) is 0 Å². The maximum Gasteiger partial charge on any atom is 0.145 e. The smallest absolute Gasteiger partial charge is 0.145 e. The molecule has 0 amide bonds. The van der Waals surface area contributed by atoms with Crippen LogP contribution in [0, 0.1) is 21.1 Å². The molecule has 1 saturated carbocycles. The second-order valence-electron chi connectivity index (χ2n) is 4.60. The summed E-state index contributed by atoms with van der Waals surface area (Å²) < 4.78 is 27.8. The van der Waals surface area contributed by atoms with Crippen LogP contribution in [0.2, 0.25) is 0 Å². The first-order valence-electron chi connectivity index (χ1n) is 5.92. The molecular weight excluding hydrogens is 337 g/mol. The number of halogens is 3. The molecule has 0 bridgehead atoms. The molecule has 4 heteroatoms. The fourth-order valence-corrected chi connectivity index (χ4v) is 2.97. The Labute approximate surface area is 113 Å². The maximum atomic E-state index is 13.9. The highest BCUT2D eigenvalue weighted by Crippen LogP contribution is 2.37. The Morgan fingerprint density at radius 3 is 2.47 bits per heavy atom. The molecular formula is C13H15F2IO. The Balaban J connectivity index is 2.29. The third-order valence-electron chi connectivity index (χ3n) is 3.47. The maximum absolute atomic E-state index is 13.9. The standard InChI is InChI=1S/C13H15F2IO/c14-9-6-7-10(16)12(15)11(9)13(17)8-4-2-1-3-5-8/h6-8,13,17H,1-5H2. The van der Waals surface area contributed by atoms with Gasteiger partial charge in [0.25, 0.3) is 0 Å². The van der Waals surface area contributed by atoms with E-state index in [1.165, 1.54) is 12.1 Å². The highest BCUT2D eigenvalue weighted by atomic mass is 127. The molecule has 1 aliphatic rings. The van der Waals surface area contributed by atoms with E-state index in [0.29, 0.717) is 3.57 Å². The lowest BCUT2D eigenvalue weighted by atomic mass is 9.82. The summed E-state index contributed by atoms with van der Waals surface area (Å²) in [5, 5.41) is 10.1. The van der Waals surface area contributed by atoms with E-state index in [1.807, 2.05) is 22.6 Å². The summed E-state index contributed by atoms with van der Waals surface area (Å²) in [5.74, 6) is -1.25. The minimum Gasteiger partial charge on any atom is -0.388 e. The lowest BCUT2D eigenvalue weighted by Crippen LogP contribution is -2.18. The van der Waals surface area contributed by atoms with Gasteiger partial charge in [-0.1, -0.05) is 19.3 Å². The van der Waals surface area contributed by atoms with Crippen LogP contribution in [0.1, 0.15) is 43.8 Å². The first-order valence-corrected chi connectivity index (χ1v) is 7.00. The Bertz CT molecular complexity index is 403. The molecule has 0 radical (unpaired) electrons. The Morgan fingerprint density at radius 1 is 1.18 bits per heavy atom. The summed E-state index contributed by atoms with van der Waals surface area (Å²) in [6.45, 7) is 0. The van der Waals surface area contributed by atoms with E-state index >= 15 is 0 Å². The summed E-state index contributed by atoms with van der Waals surface area (Å²) in [7, 11) is 0. The average Bonchev–Trinajstić information content (AvgIpc) is 2.35. The third kappa shape index (κ3) is 2.78. The van der Waals surface area contributed by atoms with Gasteiger partial charge in [0.2, 0.25) is 0 Å². The van der Waals surface area contributed by atoms with Gasteiger partial charge in [-0.3, -0.25) is 0 Å². The lowest BCUT2D eigenvalue weighted by molar-refractivity contribution is 0.0780. The van der Waals surface area contributed by atoms with E-state index in [2.05, 4.69) is 0 Å². The molecule has 1 atom stereocenters. The fourth-order valence-electron chi connectivity index (χ4n) is 2.50. The number of hydrogen-bond acceptors (Lipinski definition) is 1. The van der Waals surface area contributed by atoms with E-state index < -0.39 is 17.7 Å². The van der Waals surface area contributed by atoms with Crippen molar-refractivity contribution in [3.05, 3.63) is 32.9 Å². The van der Waals surface area contributed by atoms with Crippen LogP contribution in [0.3, 0.4) is 0 Å². The quantitative estimate of drug-likeness (QED) is 0.625. The molecule has 94 valence electrons. The summed E-state index contributed by atoms with van der Waals surface area (Å²) in [5.41, 5.74) is -0.149. The number of aliphatic hydroxyl groups is 1. The Morgan fingerprint density at radius 2 is 1.82 bits per heavy atom. The Kier molecular flexibility index (Phi) is 4.36. The van der Waals surface area contributed by atoms with Gasteiger partial charge in [-0.05, 0) is 53.5 Å². The van der Waals surface area contributed by atoms with Crippen LogP contribution in [0.15, 0.2) is 12.1 Å². The van der Waals surface area contributed by atoms with Crippen molar-refractivity contribution in [3.8, 4) is 0 Å². The molecule has 0 heterocycles. The van der Waals surface area contributed by atoms with Crippen molar-refractivity contribution in [2.24, 2.45) is 5.92 Å². The van der Waals surface area contributed by atoms with Gasteiger partial charge in [0.15, 0.2) is 0 Å². The van der Waals surface area contributed by atoms with E-state index in [1.54, 1.807) is 0 Å². The van der Waals surface area contributed by atoms with E-state index in [0.717, 1.165) is 32.1 Å². The van der Waals surface area contributed by atoms with Crippen LogP contribution in [0.25, 0.3) is 0 Å². The van der Waals surface area contributed by atoms with Gasteiger partial charge in [-0.2, -0.15) is 0 Å². The highest BCUT2D eigenvalue weighted by Gasteiger charge is 2.28. The topological polar surface area (TPSA) is 20.2 Å². The first kappa shape index (κ1) is 13.2. The lowest BCUT2D eigenvalue weighted by Gasteiger charge is -2.27. The molecule has 1 unspecified atom stereocenters. The van der Waals surface area contributed by atoms with Gasteiger partial charge in [-0.15, -0.1) is 0 Å². The zero-order chi connectivity index (χ0) is 12.4. The normalized spacial score (nSPS) is 19.3. The fraction of sp³-hybridized carbons (Fsp3) is 0.538. The van der Waals surface area contributed by atoms with Crippen LogP contribution < -0.4 is 0 Å². The van der Waals surface area contributed by atoms with Gasteiger partial charge < -0.3 is 5.11 Å². The molecule has 17 heavy (non-hydrogen) atoms. The molecule has 2 rings (SSSR count). The van der Waals surface area contributed by atoms with Crippen molar-refractivity contribution in [2.75, 3.05) is 0 Å². The summed E-state index contributed by atoms with van der Waals surface area (Å²) in [6.07, 6.45) is 3.92. The van der Waals surface area contributed by atoms with Gasteiger partial charge >= 0.3 is 0 Å². The van der Waals surface area contributed by atoms with Gasteiger partial charge in [0, 0.05) is 3.57 Å². The second-order valence-corrected chi connectivity index (χ2v) is 5.76. The van der Waals surface area contributed by atoms with Crippen molar-refractivity contribution in [3.63, 3.8) is 0 Å². The Hall–Kier alpha value is -0.230. The minimum atomic E-state index is -1.01. The largest absolute Gasteiger partial charge is 0.388 e. The molecule has 1 N–H and O–H groups in total. The molecule has 0 aliphatic heterocycles. The molecule has 0 spiro atoms. The van der Waals surface area contributed by atoms with E-state index in [9.17, 15) is 13.9 Å².